The Morgan fingerprint density at radius 3 is 0.882 bits per heavy atom. The van der Waals surface area contributed by atoms with E-state index in [9.17, 15) is 4.79 Å². The Kier molecular flexibility index (Phi) is 21.9. The van der Waals surface area contributed by atoms with E-state index in [1.54, 1.807) is 45.6 Å². The van der Waals surface area contributed by atoms with E-state index in [0.717, 1.165) is 37.3 Å². The number of benzene rings is 6. The van der Waals surface area contributed by atoms with Crippen molar-refractivity contribution < 1.29 is 41.3 Å². The van der Waals surface area contributed by atoms with Crippen LogP contribution in [0.5, 0.6) is 11.5 Å². The van der Waals surface area contributed by atoms with Crippen LogP contribution in [-0.2, 0) is 27.0 Å². The second-order valence-corrected chi connectivity index (χ2v) is 32.2. The first kappa shape index (κ1) is 61.2. The summed E-state index contributed by atoms with van der Waals surface area (Å²) in [5.41, 5.74) is 24.1. The zero-order valence-electron chi connectivity index (χ0n) is 47.1. The molecule has 0 bridgehead atoms. The van der Waals surface area contributed by atoms with E-state index in [2.05, 4.69) is 165 Å². The molecule has 2 saturated heterocycles. The van der Waals surface area contributed by atoms with E-state index >= 15 is 0 Å². The summed E-state index contributed by atoms with van der Waals surface area (Å²) >= 11 is -4.21. The molecule has 0 unspecified atom stereocenters. The zero-order chi connectivity index (χ0) is 55.9. The number of hydrogen-bond donors (Lipinski definition) is 0. The molecule has 2 aliphatic heterocycles. The van der Waals surface area contributed by atoms with E-state index in [-0.39, 0.29) is 18.0 Å². The van der Waals surface area contributed by atoms with Crippen LogP contribution < -0.4 is 29.1 Å². The fourth-order valence-electron chi connectivity index (χ4n) is 10.8. The quantitative estimate of drug-likeness (QED) is 0.0687. The number of anilines is 4. The van der Waals surface area contributed by atoms with Gasteiger partial charge in [0.05, 0.1) is 0 Å². The monoisotopic (exact) mass is 1280 g/mol. The van der Waals surface area contributed by atoms with Crippen LogP contribution in [0.15, 0.2) is 84.9 Å². The van der Waals surface area contributed by atoms with Gasteiger partial charge in [0.25, 0.3) is 0 Å². The third kappa shape index (κ3) is 16.0. The smallest absolute Gasteiger partial charge is 0.0146 e. The summed E-state index contributed by atoms with van der Waals surface area (Å²) in [4.78, 5) is 22.8. The number of ketones is 1. The van der Waals surface area contributed by atoms with Crippen LogP contribution >= 0.6 is 38.8 Å². The van der Waals surface area contributed by atoms with Crippen molar-refractivity contribution in [2.75, 3.05) is 45.8 Å². The third-order valence-electron chi connectivity index (χ3n) is 13.1. The van der Waals surface area contributed by atoms with Crippen LogP contribution in [0, 0.1) is 96.4 Å². The Hall–Kier alpha value is -4.06. The average molecular weight is 1280 g/mol. The maximum Gasteiger partial charge on any atom is 0.0146 e. The minimum absolute atomic E-state index is 0.0139. The molecule has 2 heterocycles. The number of nitrogens with zero attached hydrogens (tertiary/aromatic N) is 4. The average Bonchev–Trinajstić information content (AvgIpc) is 3.96. The normalized spacial score (nSPS) is 13.6. The standard InChI is InChI=1S/2C21H27N2.C21H22O3.4ClH.2Ru/c2*1-14-9-16(3)20(17(4)10-14)22-7-8-23(13-22)21-18(5)11-15(2)12-19(21)6;1-13(2)23-19-9-7-17(11-15(19)5)21(22)18-8-10-20(16(6)12-18)24-14(3)4;;;;;;/h2*9-13H,7-8H2,1-6H3;5-14H,1-4H3;4*1H;;/q2*-1;;;;;;2*+2/p-4. The zero-order valence-corrected chi connectivity index (χ0v) is 53.6. The van der Waals surface area contributed by atoms with Crippen LogP contribution in [-0.4, -0.2) is 53.4 Å². The van der Waals surface area contributed by atoms with Crippen LogP contribution in [0.25, 0.3) is 0 Å². The number of hydrogen-bond acceptors (Lipinski definition) is 7. The first-order valence-corrected chi connectivity index (χ1v) is 36.7. The summed E-state index contributed by atoms with van der Waals surface area (Å²) in [6.45, 7) is 42.9. The number of carbonyl (C=O) groups excluding carboxylic acids is 1. The van der Waals surface area contributed by atoms with E-state index < -0.39 is 27.0 Å². The molecule has 0 amide bonds. The van der Waals surface area contributed by atoms with Crippen LogP contribution in [0.4, 0.5) is 22.7 Å². The van der Waals surface area contributed by atoms with Gasteiger partial charge < -0.3 is 19.6 Å². The predicted octanol–water partition coefficient (Wildman–Crippen LogP) is 16.6. The van der Waals surface area contributed by atoms with E-state index in [1.807, 2.05) is 27.7 Å². The minimum Gasteiger partial charge on any atom is -0.502 e. The second-order valence-electron chi connectivity index (χ2n) is 20.8. The molecule has 8 rings (SSSR count). The number of ether oxygens (including phenoxy) is 2. The molecule has 6 aromatic carbocycles. The van der Waals surface area contributed by atoms with Gasteiger partial charge in [-0.1, -0.05) is 70.8 Å². The molecule has 2 fully saturated rings. The number of rotatable bonds is 12. The number of carbonyl (C=O) groups is 1. The molecule has 76 heavy (non-hydrogen) atoms. The molecule has 0 aliphatic carbocycles. The van der Waals surface area contributed by atoms with Gasteiger partial charge in [-0.05, 0) is 128 Å². The molecular formula is C63H76Cl4N4O3Ru2-2. The van der Waals surface area contributed by atoms with Crippen molar-refractivity contribution in [3.63, 3.8) is 0 Å². The molecular weight excluding hydrogens is 1200 g/mol. The Labute approximate surface area is 481 Å². The molecule has 0 aromatic heterocycles. The van der Waals surface area contributed by atoms with Gasteiger partial charge in [0.1, 0.15) is 0 Å². The topological polar surface area (TPSA) is 48.5 Å². The van der Waals surface area contributed by atoms with Crippen molar-refractivity contribution in [2.24, 2.45) is 0 Å². The third-order valence-corrected chi connectivity index (χ3v) is 16.7. The molecule has 412 valence electrons. The van der Waals surface area contributed by atoms with Gasteiger partial charge in [0, 0.05) is 48.9 Å². The van der Waals surface area contributed by atoms with Gasteiger partial charge in [-0.25, -0.2) is 0 Å². The number of halogens is 4. The van der Waals surface area contributed by atoms with Gasteiger partial charge >= 0.3 is 205 Å². The van der Waals surface area contributed by atoms with Gasteiger partial charge in [0.2, 0.25) is 0 Å². The minimum atomic E-state index is -2.10. The Morgan fingerprint density at radius 2 is 0.671 bits per heavy atom. The molecule has 0 spiro atoms. The molecule has 7 nitrogen and oxygen atoms in total. The molecule has 13 heteroatoms. The van der Waals surface area contributed by atoms with Gasteiger partial charge in [0.15, 0.2) is 0 Å². The maximum absolute atomic E-state index is 13.2. The summed E-state index contributed by atoms with van der Waals surface area (Å²) in [7, 11) is 24.3. The summed E-state index contributed by atoms with van der Waals surface area (Å²) in [5.74, 6) is 1.15. The fourth-order valence-corrected chi connectivity index (χ4v) is 14.3. The van der Waals surface area contributed by atoms with E-state index in [0.29, 0.717) is 22.6 Å². The number of aryl methyl sites for hydroxylation is 12. The summed E-state index contributed by atoms with van der Waals surface area (Å²) in [6, 6.07) is 28.8. The van der Waals surface area contributed by atoms with Crippen molar-refractivity contribution in [1.29, 1.82) is 0 Å². The molecule has 0 radical (unpaired) electrons. The van der Waals surface area contributed by atoms with Crippen molar-refractivity contribution in [1.82, 2.24) is 0 Å². The van der Waals surface area contributed by atoms with Crippen LogP contribution in [0.1, 0.15) is 122 Å². The van der Waals surface area contributed by atoms with Crippen LogP contribution in [0.3, 0.4) is 0 Å². The molecule has 0 atom stereocenters. The molecule has 6 aromatic rings. The Balaban J connectivity index is 0.000000187. The Bertz CT molecular complexity index is 2720. The van der Waals surface area contributed by atoms with Gasteiger partial charge in [-0.15, -0.1) is 0 Å². The van der Waals surface area contributed by atoms with Gasteiger partial charge in [-0.3, -0.25) is 0 Å². The summed E-state index contributed by atoms with van der Waals surface area (Å²) in [6.07, 6.45) is -0.0279. The Morgan fingerprint density at radius 1 is 0.434 bits per heavy atom. The molecule has 0 N–H and O–H groups in total. The summed E-state index contributed by atoms with van der Waals surface area (Å²) < 4.78 is 15.2. The first-order chi connectivity index (χ1) is 35.8. The van der Waals surface area contributed by atoms with E-state index in [4.69, 9.17) is 48.2 Å². The van der Waals surface area contributed by atoms with Crippen molar-refractivity contribution in [2.45, 2.75) is 123 Å². The predicted molar refractivity (Wildman–Crippen MR) is 322 cm³/mol. The van der Waals surface area contributed by atoms with E-state index in [1.165, 1.54) is 89.5 Å². The van der Waals surface area contributed by atoms with Gasteiger partial charge in [-0.2, -0.15) is 13.3 Å². The van der Waals surface area contributed by atoms with Crippen molar-refractivity contribution in [3.8, 4) is 11.5 Å². The second kappa shape index (κ2) is 27.2. The van der Waals surface area contributed by atoms with Crippen LogP contribution in [0.2, 0.25) is 0 Å². The molecule has 0 saturated carbocycles. The first-order valence-electron chi connectivity index (χ1n) is 25.7. The molecule has 2 aliphatic rings. The largest absolute Gasteiger partial charge is 0.502 e. The van der Waals surface area contributed by atoms with Crippen molar-refractivity contribution in [3.05, 3.63) is 187 Å². The fraction of sp³-hybridized carbons (Fsp3) is 0.349. The summed E-state index contributed by atoms with van der Waals surface area (Å²) in [5, 5.41) is 0. The van der Waals surface area contributed by atoms with Crippen molar-refractivity contribution >= 4 is 76.5 Å². The maximum atomic E-state index is 13.2. The SMILES string of the molecule is CC(C)Oc1ccc(C(=O)c2ccc(OC(C)C)c([CH]=[Ru]([Cl])[Cl])c2)cc1[CH]=[Ru]([Cl])[Cl].Cc1cc(C)c(N2[CH-]N(c3c(C)cc(C)cc3C)CC2)c(C)c1.Cc1cc(C)c(N2[CH-]N(c3c(C)cc(C)cc3C)CC2)c(C)c1.